The van der Waals surface area contributed by atoms with Crippen LogP contribution in [0.15, 0.2) is 48.5 Å². The van der Waals surface area contributed by atoms with Crippen LogP contribution < -0.4 is 5.32 Å². The molecule has 2 aliphatic rings. The minimum Gasteiger partial charge on any atom is -0.380 e. The van der Waals surface area contributed by atoms with Gasteiger partial charge in [0.25, 0.3) is 0 Å². The maximum atomic E-state index is 3.85. The quantitative estimate of drug-likeness (QED) is 0.610. The first kappa shape index (κ1) is 16.7. The van der Waals surface area contributed by atoms with Gasteiger partial charge in [0.2, 0.25) is 0 Å². The van der Waals surface area contributed by atoms with E-state index in [2.05, 4.69) is 74.6 Å². The van der Waals surface area contributed by atoms with E-state index in [1.54, 1.807) is 0 Å². The van der Waals surface area contributed by atoms with Crippen molar-refractivity contribution in [2.75, 3.05) is 5.32 Å². The van der Waals surface area contributed by atoms with E-state index in [1.165, 1.54) is 48.1 Å². The number of hydrogen-bond donors (Lipinski definition) is 1. The molecule has 0 bridgehead atoms. The molecule has 2 aliphatic carbocycles. The smallest absolute Gasteiger partial charge is 0.0416 e. The molecule has 0 saturated heterocycles. The van der Waals surface area contributed by atoms with E-state index in [4.69, 9.17) is 0 Å². The first-order valence-corrected chi connectivity index (χ1v) is 9.98. The molecule has 2 saturated carbocycles. The SMILES string of the molecule is CC(c1cccc(C(C)(C)C2CC2)c1NCc1ccccc1)C1CC1. The maximum Gasteiger partial charge on any atom is 0.0416 e. The Morgan fingerprint density at radius 1 is 0.960 bits per heavy atom. The average Bonchev–Trinajstić information content (AvgIpc) is 3.51. The Bertz CT molecular complexity index is 723. The number of rotatable bonds is 7. The second kappa shape index (κ2) is 6.52. The zero-order valence-corrected chi connectivity index (χ0v) is 15.9. The van der Waals surface area contributed by atoms with Gasteiger partial charge < -0.3 is 5.32 Å². The van der Waals surface area contributed by atoms with Crippen molar-refractivity contribution >= 4 is 5.69 Å². The van der Waals surface area contributed by atoms with Crippen molar-refractivity contribution in [3.05, 3.63) is 65.2 Å². The van der Waals surface area contributed by atoms with Gasteiger partial charge in [-0.25, -0.2) is 0 Å². The summed E-state index contributed by atoms with van der Waals surface area (Å²) in [5, 5.41) is 3.85. The molecule has 0 aromatic heterocycles. The molecule has 1 nitrogen and oxygen atoms in total. The second-order valence-electron chi connectivity index (χ2n) is 8.73. The van der Waals surface area contributed by atoms with Crippen LogP contribution in [0.4, 0.5) is 5.69 Å². The lowest BCUT2D eigenvalue weighted by Crippen LogP contribution is -2.23. The third-order valence-corrected chi connectivity index (χ3v) is 6.52. The van der Waals surface area contributed by atoms with E-state index < -0.39 is 0 Å². The fraction of sp³-hybridized carbons (Fsp3) is 0.500. The third kappa shape index (κ3) is 3.47. The Morgan fingerprint density at radius 2 is 1.68 bits per heavy atom. The molecule has 132 valence electrons. The standard InChI is InChI=1S/C24H31N/c1-17(19-12-13-19)21-10-7-11-22(24(2,3)20-14-15-20)23(21)25-16-18-8-5-4-6-9-18/h4-11,17,19-20,25H,12-16H2,1-3H3. The van der Waals surface area contributed by atoms with Gasteiger partial charge in [0.05, 0.1) is 0 Å². The van der Waals surface area contributed by atoms with Crippen LogP contribution in [0, 0.1) is 11.8 Å². The van der Waals surface area contributed by atoms with Crippen LogP contribution in [0.3, 0.4) is 0 Å². The van der Waals surface area contributed by atoms with Crippen LogP contribution >= 0.6 is 0 Å². The van der Waals surface area contributed by atoms with Crippen molar-refractivity contribution in [1.29, 1.82) is 0 Å². The lowest BCUT2D eigenvalue weighted by atomic mass is 9.77. The van der Waals surface area contributed by atoms with Crippen LogP contribution in [0.25, 0.3) is 0 Å². The molecule has 0 amide bonds. The monoisotopic (exact) mass is 333 g/mol. The Kier molecular flexibility index (Phi) is 4.35. The fourth-order valence-electron chi connectivity index (χ4n) is 4.35. The first-order valence-electron chi connectivity index (χ1n) is 9.98. The fourth-order valence-corrected chi connectivity index (χ4v) is 4.35. The molecular formula is C24H31N. The Labute approximate surface area is 152 Å². The summed E-state index contributed by atoms with van der Waals surface area (Å²) in [6.07, 6.45) is 5.56. The molecule has 0 radical (unpaired) electrons. The van der Waals surface area contributed by atoms with Crippen LogP contribution in [-0.4, -0.2) is 0 Å². The third-order valence-electron chi connectivity index (χ3n) is 6.52. The van der Waals surface area contributed by atoms with Crippen molar-refractivity contribution < 1.29 is 0 Å². The molecule has 0 heterocycles. The Morgan fingerprint density at radius 3 is 2.32 bits per heavy atom. The highest BCUT2D eigenvalue weighted by Gasteiger charge is 2.41. The van der Waals surface area contributed by atoms with Crippen LogP contribution in [-0.2, 0) is 12.0 Å². The molecule has 25 heavy (non-hydrogen) atoms. The van der Waals surface area contributed by atoms with Crippen molar-refractivity contribution in [3.8, 4) is 0 Å². The molecule has 0 aliphatic heterocycles. The summed E-state index contributed by atoms with van der Waals surface area (Å²) in [5.41, 5.74) is 6.09. The lowest BCUT2D eigenvalue weighted by Gasteiger charge is -2.31. The molecule has 2 aromatic rings. The van der Waals surface area contributed by atoms with Crippen LogP contribution in [0.2, 0.25) is 0 Å². The lowest BCUT2D eigenvalue weighted by molar-refractivity contribution is 0.454. The summed E-state index contributed by atoms with van der Waals surface area (Å²) in [4.78, 5) is 0. The van der Waals surface area contributed by atoms with Gasteiger partial charge in [0.1, 0.15) is 0 Å². The van der Waals surface area contributed by atoms with Crippen LogP contribution in [0.5, 0.6) is 0 Å². The molecule has 4 rings (SSSR count). The zero-order chi connectivity index (χ0) is 17.4. The van der Waals surface area contributed by atoms with E-state index >= 15 is 0 Å². The number of anilines is 1. The van der Waals surface area contributed by atoms with Gasteiger partial charge in [0, 0.05) is 12.2 Å². The predicted molar refractivity (Wildman–Crippen MR) is 107 cm³/mol. The summed E-state index contributed by atoms with van der Waals surface area (Å²) >= 11 is 0. The number of para-hydroxylation sites is 1. The Hall–Kier alpha value is -1.76. The summed E-state index contributed by atoms with van der Waals surface area (Å²) in [7, 11) is 0. The average molecular weight is 334 g/mol. The second-order valence-corrected chi connectivity index (χ2v) is 8.73. The molecule has 1 unspecified atom stereocenters. The van der Waals surface area contributed by atoms with E-state index in [0.717, 1.165) is 18.4 Å². The number of benzene rings is 2. The maximum absolute atomic E-state index is 3.85. The summed E-state index contributed by atoms with van der Waals surface area (Å²) in [6.45, 7) is 8.22. The van der Waals surface area contributed by atoms with E-state index in [0.29, 0.717) is 5.92 Å². The highest BCUT2D eigenvalue weighted by molar-refractivity contribution is 5.62. The normalized spacial score (nSPS) is 18.8. The summed E-state index contributed by atoms with van der Waals surface area (Å²) in [6, 6.07) is 17.8. The predicted octanol–water partition coefficient (Wildman–Crippen LogP) is 6.50. The van der Waals surface area contributed by atoms with Crippen molar-refractivity contribution in [2.24, 2.45) is 11.8 Å². The van der Waals surface area contributed by atoms with Crippen molar-refractivity contribution in [1.82, 2.24) is 0 Å². The van der Waals surface area contributed by atoms with Crippen molar-refractivity contribution in [3.63, 3.8) is 0 Å². The van der Waals surface area contributed by atoms with Gasteiger partial charge in [-0.1, -0.05) is 69.3 Å². The van der Waals surface area contributed by atoms with Gasteiger partial charge >= 0.3 is 0 Å². The minimum atomic E-state index is 0.262. The molecule has 1 atom stereocenters. The van der Waals surface area contributed by atoms with Gasteiger partial charge in [-0.15, -0.1) is 0 Å². The first-order chi connectivity index (χ1) is 12.1. The van der Waals surface area contributed by atoms with E-state index in [-0.39, 0.29) is 5.41 Å². The van der Waals surface area contributed by atoms with E-state index in [9.17, 15) is 0 Å². The highest BCUT2D eigenvalue weighted by Crippen LogP contribution is 2.51. The van der Waals surface area contributed by atoms with Gasteiger partial charge in [0.15, 0.2) is 0 Å². The Balaban J connectivity index is 1.69. The van der Waals surface area contributed by atoms with E-state index in [1.807, 2.05) is 0 Å². The van der Waals surface area contributed by atoms with Gasteiger partial charge in [-0.2, -0.15) is 0 Å². The van der Waals surface area contributed by atoms with Crippen LogP contribution in [0.1, 0.15) is 69.1 Å². The largest absolute Gasteiger partial charge is 0.380 e. The molecule has 0 spiro atoms. The summed E-state index contributed by atoms with van der Waals surface area (Å²) in [5.74, 6) is 2.39. The molecule has 2 aromatic carbocycles. The highest BCUT2D eigenvalue weighted by atomic mass is 14.9. The molecule has 1 heteroatoms. The topological polar surface area (TPSA) is 12.0 Å². The zero-order valence-electron chi connectivity index (χ0n) is 15.9. The molecule has 2 fully saturated rings. The number of nitrogens with one attached hydrogen (secondary N) is 1. The molecule has 1 N–H and O–H groups in total. The summed E-state index contributed by atoms with van der Waals surface area (Å²) < 4.78 is 0. The minimum absolute atomic E-state index is 0.262. The number of hydrogen-bond acceptors (Lipinski definition) is 1. The molecular weight excluding hydrogens is 302 g/mol. The van der Waals surface area contributed by atoms with Gasteiger partial charge in [-0.3, -0.25) is 0 Å². The van der Waals surface area contributed by atoms with Gasteiger partial charge in [-0.05, 0) is 65.5 Å². The van der Waals surface area contributed by atoms with Crippen molar-refractivity contribution in [2.45, 2.75) is 64.3 Å².